The molecule has 1 spiro atoms. The van der Waals surface area contributed by atoms with Crippen LogP contribution >= 0.6 is 11.6 Å². The van der Waals surface area contributed by atoms with Gasteiger partial charge in [0.25, 0.3) is 0 Å². The lowest BCUT2D eigenvalue weighted by Crippen LogP contribution is -2.54. The highest BCUT2D eigenvalue weighted by molar-refractivity contribution is 6.30. The highest BCUT2D eigenvalue weighted by Crippen LogP contribution is 2.54. The van der Waals surface area contributed by atoms with E-state index in [0.29, 0.717) is 34.8 Å². The van der Waals surface area contributed by atoms with E-state index < -0.39 is 29.5 Å². The molecule has 8 heteroatoms. The Morgan fingerprint density at radius 1 is 1.09 bits per heavy atom. The molecule has 5 atom stereocenters. The van der Waals surface area contributed by atoms with Crippen LogP contribution in [0.3, 0.4) is 0 Å². The van der Waals surface area contributed by atoms with Crippen LogP contribution in [0.25, 0.3) is 0 Å². The van der Waals surface area contributed by atoms with E-state index in [4.69, 9.17) is 11.6 Å². The third-order valence-electron chi connectivity index (χ3n) is 6.94. The summed E-state index contributed by atoms with van der Waals surface area (Å²) in [7, 11) is 0. The zero-order chi connectivity index (χ0) is 22.6. The minimum Gasteiger partial charge on any atom is -0.387 e. The molecule has 2 aromatic rings. The summed E-state index contributed by atoms with van der Waals surface area (Å²) >= 11 is 5.99. The number of fused-ring (bicyclic) bond motifs is 4. The van der Waals surface area contributed by atoms with Crippen molar-refractivity contribution >= 4 is 35.0 Å². The van der Waals surface area contributed by atoms with Crippen molar-refractivity contribution in [1.29, 1.82) is 0 Å². The Hall–Kier alpha value is -2.74. The number of imide groups is 1. The number of likely N-dealkylation sites (tertiary alicyclic amines) is 1. The number of hydrogen-bond acceptors (Lipinski definition) is 5. The number of para-hydroxylation sites is 1. The van der Waals surface area contributed by atoms with Crippen molar-refractivity contribution in [2.24, 2.45) is 11.8 Å². The number of carbonyl (C=O) groups is 3. The normalized spacial score (nSPS) is 29.4. The van der Waals surface area contributed by atoms with Gasteiger partial charge in [-0.1, -0.05) is 55.3 Å². The summed E-state index contributed by atoms with van der Waals surface area (Å²) in [6.07, 6.45) is 0.406. The second kappa shape index (κ2) is 7.69. The Morgan fingerprint density at radius 3 is 2.53 bits per heavy atom. The molecule has 0 aromatic heterocycles. The lowest BCUT2D eigenvalue weighted by Gasteiger charge is -2.30. The molecule has 166 valence electrons. The number of carbonyl (C=O) groups excluding carboxylic acids is 3. The molecule has 3 amide bonds. The van der Waals surface area contributed by atoms with Gasteiger partial charge in [-0.15, -0.1) is 0 Å². The smallest absolute Gasteiger partial charge is 0.250 e. The van der Waals surface area contributed by atoms with Gasteiger partial charge >= 0.3 is 0 Å². The summed E-state index contributed by atoms with van der Waals surface area (Å²) in [6, 6.07) is 13.1. The van der Waals surface area contributed by atoms with Crippen molar-refractivity contribution in [3.05, 3.63) is 64.7 Å². The molecule has 3 N–H and O–H groups in total. The number of rotatable bonds is 5. The zero-order valence-corrected chi connectivity index (χ0v) is 18.3. The van der Waals surface area contributed by atoms with E-state index in [0.717, 1.165) is 6.42 Å². The summed E-state index contributed by atoms with van der Waals surface area (Å²) in [5.41, 5.74) is 0.385. The molecular weight excluding hydrogens is 430 g/mol. The van der Waals surface area contributed by atoms with Crippen molar-refractivity contribution in [2.75, 3.05) is 11.9 Å². The first-order valence-corrected chi connectivity index (χ1v) is 11.3. The maximum absolute atomic E-state index is 13.6. The molecule has 2 saturated heterocycles. The summed E-state index contributed by atoms with van der Waals surface area (Å²) in [5, 5.41) is 17.9. The average Bonchev–Trinajstić information content (AvgIpc) is 3.38. The van der Waals surface area contributed by atoms with E-state index >= 15 is 0 Å². The third-order valence-corrected chi connectivity index (χ3v) is 7.19. The number of halogens is 1. The molecule has 3 aliphatic rings. The zero-order valence-electron chi connectivity index (χ0n) is 17.5. The fraction of sp³-hybridized carbons (Fsp3) is 0.375. The van der Waals surface area contributed by atoms with Crippen molar-refractivity contribution < 1.29 is 19.5 Å². The number of nitrogens with zero attached hydrogens (tertiary/aromatic N) is 1. The first kappa shape index (κ1) is 21.1. The van der Waals surface area contributed by atoms with Gasteiger partial charge in [0.15, 0.2) is 0 Å². The van der Waals surface area contributed by atoms with Gasteiger partial charge in [0.05, 0.1) is 24.0 Å². The number of unbranched alkanes of at least 4 members (excludes halogenated alkanes) is 1. The molecule has 7 nitrogen and oxygen atoms in total. The summed E-state index contributed by atoms with van der Waals surface area (Å²) < 4.78 is 0. The van der Waals surface area contributed by atoms with Crippen molar-refractivity contribution in [3.8, 4) is 0 Å². The Bertz CT molecular complexity index is 1100. The molecule has 2 aromatic carbocycles. The van der Waals surface area contributed by atoms with Crippen LogP contribution in [0.1, 0.15) is 37.0 Å². The Balaban J connectivity index is 1.63. The standard InChI is InChI=1S/C24H24ClN3O4/c1-2-3-12-28-21(30)17-18(22(28)31)24(15-6-4-5-7-16(15)26-23(24)32)27-19(17)20(29)13-8-10-14(25)11-9-13/h4-11,17-20,27,29H,2-3,12H2,1H3,(H,26,32)/t17-,18-,19+,20+,24+/m0/s1. The summed E-state index contributed by atoms with van der Waals surface area (Å²) in [6.45, 7) is 2.30. The van der Waals surface area contributed by atoms with Gasteiger partial charge in [-0.25, -0.2) is 0 Å². The highest BCUT2D eigenvalue weighted by atomic mass is 35.5. The SMILES string of the molecule is CCCCN1C(=O)[C@@H]2[C@H]([C@H](O)c3ccc(Cl)cc3)N[C@@]3(C(=O)Nc4ccccc43)[C@@H]2C1=O. The largest absolute Gasteiger partial charge is 0.387 e. The van der Waals surface area contributed by atoms with E-state index in [9.17, 15) is 19.5 Å². The third kappa shape index (κ3) is 2.85. The van der Waals surface area contributed by atoms with Crippen LogP contribution in [0.5, 0.6) is 0 Å². The quantitative estimate of drug-likeness (QED) is 0.604. The van der Waals surface area contributed by atoms with E-state index in [-0.39, 0.29) is 17.7 Å². The monoisotopic (exact) mass is 453 g/mol. The van der Waals surface area contributed by atoms with Crippen LogP contribution in [0.2, 0.25) is 5.02 Å². The van der Waals surface area contributed by atoms with E-state index in [1.54, 1.807) is 48.5 Å². The van der Waals surface area contributed by atoms with Gasteiger partial charge in [0.2, 0.25) is 17.7 Å². The minimum atomic E-state index is -1.41. The van der Waals surface area contributed by atoms with Crippen LogP contribution in [-0.2, 0) is 19.9 Å². The van der Waals surface area contributed by atoms with Crippen LogP contribution in [0.4, 0.5) is 5.69 Å². The van der Waals surface area contributed by atoms with E-state index in [2.05, 4.69) is 10.6 Å². The molecule has 0 saturated carbocycles. The number of aliphatic hydroxyl groups is 1. The molecule has 0 aliphatic carbocycles. The Morgan fingerprint density at radius 2 is 1.81 bits per heavy atom. The molecule has 2 fully saturated rings. The highest BCUT2D eigenvalue weighted by Gasteiger charge is 2.71. The molecule has 3 aliphatic heterocycles. The van der Waals surface area contributed by atoms with Crippen LogP contribution in [0.15, 0.2) is 48.5 Å². The maximum Gasteiger partial charge on any atom is 0.250 e. The number of anilines is 1. The van der Waals surface area contributed by atoms with Gasteiger partial charge in [-0.05, 0) is 30.2 Å². The average molecular weight is 454 g/mol. The molecular formula is C24H24ClN3O4. The molecule has 0 bridgehead atoms. The second-order valence-corrected chi connectivity index (χ2v) is 9.10. The predicted molar refractivity (Wildman–Crippen MR) is 119 cm³/mol. The van der Waals surface area contributed by atoms with Crippen molar-refractivity contribution in [3.63, 3.8) is 0 Å². The topological polar surface area (TPSA) is 98.7 Å². The lowest BCUT2D eigenvalue weighted by atomic mass is 9.76. The Kier molecular flexibility index (Phi) is 5.08. The van der Waals surface area contributed by atoms with Crippen molar-refractivity contribution in [1.82, 2.24) is 10.2 Å². The molecule has 3 heterocycles. The number of nitrogens with one attached hydrogen (secondary N) is 2. The van der Waals surface area contributed by atoms with Gasteiger partial charge in [0.1, 0.15) is 5.54 Å². The summed E-state index contributed by atoms with van der Waals surface area (Å²) in [4.78, 5) is 41.7. The summed E-state index contributed by atoms with van der Waals surface area (Å²) in [5.74, 6) is -2.87. The molecule has 0 radical (unpaired) electrons. The number of aliphatic hydroxyl groups excluding tert-OH is 1. The Labute approximate surface area is 190 Å². The van der Waals surface area contributed by atoms with E-state index in [1.165, 1.54) is 4.90 Å². The number of benzene rings is 2. The van der Waals surface area contributed by atoms with Gasteiger partial charge < -0.3 is 10.4 Å². The van der Waals surface area contributed by atoms with Crippen LogP contribution in [-0.4, -0.2) is 40.3 Å². The molecule has 5 rings (SSSR count). The van der Waals surface area contributed by atoms with Gasteiger partial charge in [-0.3, -0.25) is 24.6 Å². The van der Waals surface area contributed by atoms with E-state index in [1.807, 2.05) is 6.92 Å². The fourth-order valence-electron chi connectivity index (χ4n) is 5.42. The van der Waals surface area contributed by atoms with Gasteiger partial charge in [0, 0.05) is 22.8 Å². The lowest BCUT2D eigenvalue weighted by molar-refractivity contribution is -0.143. The number of amides is 3. The molecule has 32 heavy (non-hydrogen) atoms. The van der Waals surface area contributed by atoms with Crippen LogP contribution < -0.4 is 10.6 Å². The molecule has 0 unspecified atom stereocenters. The minimum absolute atomic E-state index is 0.310. The van der Waals surface area contributed by atoms with Crippen LogP contribution in [0, 0.1) is 11.8 Å². The first-order valence-electron chi connectivity index (χ1n) is 10.9. The predicted octanol–water partition coefficient (Wildman–Crippen LogP) is 2.59. The second-order valence-electron chi connectivity index (χ2n) is 8.66. The first-order chi connectivity index (χ1) is 15.4. The fourth-order valence-corrected chi connectivity index (χ4v) is 5.55. The number of hydrogen-bond donors (Lipinski definition) is 3. The van der Waals surface area contributed by atoms with Gasteiger partial charge in [-0.2, -0.15) is 0 Å². The maximum atomic E-state index is 13.6. The van der Waals surface area contributed by atoms with Crippen molar-refractivity contribution in [2.45, 2.75) is 37.5 Å².